The minimum absolute atomic E-state index is 0.0695. The molecule has 21 nitrogen and oxygen atoms in total. The van der Waals surface area contributed by atoms with Crippen LogP contribution in [-0.2, 0) is 52.9 Å². The summed E-state index contributed by atoms with van der Waals surface area (Å²) in [5.41, 5.74) is 22.7. The summed E-state index contributed by atoms with van der Waals surface area (Å²) in [4.78, 5) is 59.4. The van der Waals surface area contributed by atoms with Gasteiger partial charge in [0.25, 0.3) is 0 Å². The Morgan fingerprint density at radius 2 is 0.791 bits per heavy atom. The fraction of sp³-hybridized carbons (Fsp3) is 0.443. The lowest BCUT2D eigenvalue weighted by Gasteiger charge is -2.22. The third-order valence-electron chi connectivity index (χ3n) is 18.2. The maximum Gasteiger partial charge on any atom is 0.471 e. The lowest BCUT2D eigenvalue weighted by molar-refractivity contribution is -0.174. The van der Waals surface area contributed by atoms with Gasteiger partial charge < -0.3 is 79.5 Å². The largest absolute Gasteiger partial charge is 0.497 e. The van der Waals surface area contributed by atoms with Crippen molar-refractivity contribution in [1.82, 2.24) is 16.0 Å². The van der Waals surface area contributed by atoms with Crippen molar-refractivity contribution in [3.05, 3.63) is 194 Å². The first-order valence-electron chi connectivity index (χ1n) is 37.7. The highest BCUT2D eigenvalue weighted by Crippen LogP contribution is 2.38. The Morgan fingerprint density at radius 3 is 1.17 bits per heavy atom. The molecular weight excluding hydrogens is 1500 g/mol. The van der Waals surface area contributed by atoms with Gasteiger partial charge in [0.1, 0.15) is 63.1 Å². The molecule has 3 amide bonds. The third-order valence-corrected chi connectivity index (χ3v) is 18.2. The van der Waals surface area contributed by atoms with E-state index in [0.29, 0.717) is 81.4 Å². The van der Waals surface area contributed by atoms with Crippen LogP contribution in [0.4, 0.5) is 31.1 Å². The van der Waals surface area contributed by atoms with Gasteiger partial charge in [-0.2, -0.15) is 26.3 Å². The van der Waals surface area contributed by atoms with Crippen LogP contribution in [0.3, 0.4) is 0 Å². The molecule has 628 valence electrons. The van der Waals surface area contributed by atoms with Gasteiger partial charge in [0, 0.05) is 52.5 Å². The number of benzene rings is 5. The summed E-state index contributed by atoms with van der Waals surface area (Å²) in [5.74, 6) is 2.14. The normalized spacial score (nSPS) is 14.5. The van der Waals surface area contributed by atoms with Crippen molar-refractivity contribution < 1.29 is 102 Å². The summed E-state index contributed by atoms with van der Waals surface area (Å²) in [6, 6.07) is 18.3. The van der Waals surface area contributed by atoms with Crippen molar-refractivity contribution in [1.29, 1.82) is 0 Å². The zero-order valence-electron chi connectivity index (χ0n) is 69.2. The second kappa shape index (κ2) is 45.4. The maximum atomic E-state index is 12.8. The van der Waals surface area contributed by atoms with Crippen molar-refractivity contribution in [3.63, 3.8) is 0 Å². The van der Waals surface area contributed by atoms with Crippen molar-refractivity contribution >= 4 is 35.6 Å². The van der Waals surface area contributed by atoms with Crippen LogP contribution < -0.4 is 74.8 Å². The smallest absolute Gasteiger partial charge is 0.471 e. The predicted octanol–water partition coefficient (Wildman–Crippen LogP) is 16.5. The lowest BCUT2D eigenvalue weighted by atomic mass is 9.97. The van der Waals surface area contributed by atoms with Crippen LogP contribution in [0, 0.1) is 0 Å². The number of allylic oxidation sites excluding steroid dienone is 13. The van der Waals surface area contributed by atoms with E-state index in [1.165, 1.54) is 92.3 Å². The van der Waals surface area contributed by atoms with Gasteiger partial charge in [-0.3, -0.25) is 19.2 Å². The van der Waals surface area contributed by atoms with Gasteiger partial charge in [-0.05, 0) is 233 Å². The number of Topliss-reactive ketones (excluding diaryl/α,β-unsaturated/α-hetero) is 2. The van der Waals surface area contributed by atoms with Crippen LogP contribution in [0.2, 0.25) is 0 Å². The minimum atomic E-state index is -4.95. The highest BCUT2D eigenvalue weighted by atomic mass is 19.4. The van der Waals surface area contributed by atoms with Crippen LogP contribution in [0.1, 0.15) is 160 Å². The molecule has 1 saturated carbocycles. The van der Waals surface area contributed by atoms with E-state index < -0.39 is 47.9 Å². The topological polar surface area (TPSA) is 275 Å². The number of nitrogens with one attached hydrogen (secondary N) is 3. The number of halogens is 6. The maximum absolute atomic E-state index is 12.8. The van der Waals surface area contributed by atoms with Crippen LogP contribution in [0.15, 0.2) is 144 Å². The Balaban J connectivity index is 0.000000259. The van der Waals surface area contributed by atoms with Gasteiger partial charge in [-0.25, -0.2) is 4.79 Å². The highest BCUT2D eigenvalue weighted by molar-refractivity contribution is 6.12. The molecule has 115 heavy (non-hydrogen) atoms. The molecule has 0 saturated heterocycles. The van der Waals surface area contributed by atoms with Crippen molar-refractivity contribution in [2.45, 2.75) is 187 Å². The van der Waals surface area contributed by atoms with Gasteiger partial charge >= 0.3 is 30.3 Å². The van der Waals surface area contributed by atoms with Crippen LogP contribution in [0.25, 0.3) is 6.08 Å². The average Bonchev–Trinajstić information content (AvgIpc) is 1.72. The lowest BCUT2D eigenvalue weighted by Crippen LogP contribution is -2.42. The molecule has 5 aromatic carbocycles. The Morgan fingerprint density at radius 1 is 0.426 bits per heavy atom. The van der Waals surface area contributed by atoms with E-state index in [-0.39, 0.29) is 48.3 Å². The quantitative estimate of drug-likeness (QED) is 0.0211. The highest BCUT2D eigenvalue weighted by Gasteiger charge is 2.40. The molecule has 9 rings (SSSR count). The third kappa shape index (κ3) is 30.2. The summed E-state index contributed by atoms with van der Waals surface area (Å²) in [7, 11) is 15.7. The van der Waals surface area contributed by atoms with Crippen molar-refractivity contribution in [2.24, 2.45) is 11.5 Å². The van der Waals surface area contributed by atoms with Gasteiger partial charge in [-0.15, -0.1) is 0 Å². The van der Waals surface area contributed by atoms with Gasteiger partial charge in [0.2, 0.25) is 0 Å². The van der Waals surface area contributed by atoms with Crippen molar-refractivity contribution in [3.8, 4) is 57.5 Å². The summed E-state index contributed by atoms with van der Waals surface area (Å²) < 4.78 is 133. The molecule has 0 spiro atoms. The van der Waals surface area contributed by atoms with Gasteiger partial charge in [0.05, 0.1) is 82.2 Å². The summed E-state index contributed by atoms with van der Waals surface area (Å²) in [5, 5.41) is 6.61. The number of carbonyl (C=O) groups excluding carboxylic acids is 5. The molecule has 0 unspecified atom stereocenters. The average molecular weight is 1610 g/mol. The fourth-order valence-corrected chi connectivity index (χ4v) is 12.8. The number of alkyl carbamates (subject to hydrolysis) is 1. The van der Waals surface area contributed by atoms with E-state index in [2.05, 4.69) is 53.9 Å². The van der Waals surface area contributed by atoms with E-state index >= 15 is 0 Å². The summed E-state index contributed by atoms with van der Waals surface area (Å²) in [6.07, 6.45) is 19.8. The number of rotatable bonds is 30. The minimum Gasteiger partial charge on any atom is -0.497 e. The molecule has 1 fully saturated rings. The predicted molar refractivity (Wildman–Crippen MR) is 434 cm³/mol. The van der Waals surface area contributed by atoms with Crippen molar-refractivity contribution in [2.75, 3.05) is 71.1 Å². The molecule has 0 heterocycles. The standard InChI is InChI=1S/C22H29NO5.C19H20F3NO4.C17H25NO2.C17H23NO2.C13H16F3NO3/c1-14(23-21(25)28-22(2,3)4)11-16-12-19(27-6)17(13-18(16)26-5)20(24)15-9-7-8-10-15;1-11(23-18(25)19(20,21)22)8-13-9-16(27-3)14(10-15(13)26-2)17(24)12-6-4-5-7-12;2*1-12(18)8-14-10-17(20-3)15(11-16(14)19-2)9-13-6-4-5-7-13;1-8(17-12(18)13(14,15)16)6-9-7-10(19-2)4-5-11(9)20-3/h7-9,12-14H,10-11H2,1-6H3,(H,23,25);4-6,9-11H,7-8H2,1-3H3,(H,23,25);9-12H,4-8,18H2,1-3H3;4-6,10-12H,7-9,18H2,1-3H3;4-5,7-8H,6H2,1-3H3,(H,17,18)/t14-;11-;2*12-;8-/m11111/s1. The molecular formula is C88H113F6N5O16. The number of ketones is 2. The Hall–Kier alpha value is -10.7. The first-order valence-corrected chi connectivity index (χ1v) is 37.7. The first kappa shape index (κ1) is 94.9. The molecule has 0 aliphatic heterocycles. The Kier molecular flexibility index (Phi) is 37.5. The Labute approximate surface area is 671 Å². The fourth-order valence-electron chi connectivity index (χ4n) is 12.8. The number of methoxy groups -OCH3 is 10. The number of ether oxygens (including phenoxy) is 11. The molecule has 0 bridgehead atoms. The monoisotopic (exact) mass is 1610 g/mol. The number of hydrogen-bond donors (Lipinski definition) is 5. The zero-order valence-corrected chi connectivity index (χ0v) is 69.2. The second-order valence-corrected chi connectivity index (χ2v) is 29.0. The van der Waals surface area contributed by atoms with Gasteiger partial charge in [-0.1, -0.05) is 71.9 Å². The number of alkyl halides is 6. The molecule has 4 aliphatic rings. The number of nitrogens with two attached hydrogens (primary N) is 2. The Bertz CT molecular complexity index is 4350. The van der Waals surface area contributed by atoms with Crippen LogP contribution in [-0.4, -0.2) is 149 Å². The first-order chi connectivity index (χ1) is 54.4. The van der Waals surface area contributed by atoms with E-state index in [0.717, 1.165) is 76.5 Å². The molecule has 7 N–H and O–H groups in total. The molecule has 5 aromatic rings. The molecule has 5 atom stereocenters. The second-order valence-electron chi connectivity index (χ2n) is 29.0. The van der Waals surface area contributed by atoms with Gasteiger partial charge in [0.15, 0.2) is 11.6 Å². The number of carbonyl (C=O) groups is 5. The summed E-state index contributed by atoms with van der Waals surface area (Å²) >= 11 is 0. The molecule has 0 aromatic heterocycles. The van der Waals surface area contributed by atoms with E-state index in [9.17, 15) is 50.3 Å². The molecule has 4 aliphatic carbocycles. The molecule has 27 heteroatoms. The zero-order chi connectivity index (χ0) is 85.5. The SMILES string of the molecule is COc1cc(C(=O)C2=CC=CC2)c(OC)cc1C[C@@H](C)NC(=O)C(F)(F)F.COc1cc(C(=O)C2=CC=CC2)c(OC)cc1C[C@@H](C)NC(=O)OC(C)(C)C.COc1cc(C[C@@H](C)N)c(OC)cc1C=C1CCCC1.COc1cc(C[C@@H](C)N)c(OC)cc1CC1=CC=CC1.COc1ccc(OC)c(C[C@@H](C)NC(=O)C(F)(F)F)c1. The summed E-state index contributed by atoms with van der Waals surface area (Å²) in [6.45, 7) is 14.3. The molecule has 0 radical (unpaired) electrons. The van der Waals surface area contributed by atoms with Crippen LogP contribution >= 0.6 is 0 Å². The van der Waals surface area contributed by atoms with Crippen LogP contribution in [0.5, 0.6) is 57.5 Å². The number of hydrogen-bond acceptors (Lipinski definition) is 18. The number of amides is 3. The van der Waals surface area contributed by atoms with E-state index in [4.69, 9.17) is 63.6 Å². The van der Waals surface area contributed by atoms with E-state index in [1.54, 1.807) is 84.1 Å². The van der Waals surface area contributed by atoms with E-state index in [1.807, 2.05) is 76.5 Å².